The summed E-state index contributed by atoms with van der Waals surface area (Å²) in [5.74, 6) is -5.85. The van der Waals surface area contributed by atoms with Gasteiger partial charge in [0.1, 0.15) is 6.04 Å². The molecular weight excluding hydrogens is 494 g/mol. The molecule has 1 heterocycles. The van der Waals surface area contributed by atoms with Crippen LogP contribution in [0.1, 0.15) is 58.6 Å². The fraction of sp³-hybridized carbons (Fsp3) is 0.636. The van der Waals surface area contributed by atoms with Crippen LogP contribution in [0.25, 0.3) is 0 Å². The van der Waals surface area contributed by atoms with Gasteiger partial charge in [-0.3, -0.25) is 14.4 Å². The molecule has 0 aliphatic rings. The van der Waals surface area contributed by atoms with Gasteiger partial charge >= 0.3 is 23.7 Å². The zero-order valence-corrected chi connectivity index (χ0v) is 21.3. The van der Waals surface area contributed by atoms with E-state index in [4.69, 9.17) is 5.11 Å². The second kappa shape index (κ2) is 14.5. The Balaban J connectivity index is 3.41. The van der Waals surface area contributed by atoms with Crippen LogP contribution in [0.15, 0.2) is 4.79 Å². The summed E-state index contributed by atoms with van der Waals surface area (Å²) in [6.07, 6.45) is -0.577. The summed E-state index contributed by atoms with van der Waals surface area (Å²) >= 11 is 0. The molecule has 6 N–H and O–H groups in total. The standard InChI is InChI=1S/C22H35N5O10/c1-5-15(28)24-14(9-10-16(29)30)18(31)26(17(12(2)3)20(33)34)27-19(32)13(25-21(27)35)8-6-7-11-23-22(36)37-4/h12,14,17,32H,5-11H2,1-4H3,(H,23,36)(H,24,28)(H,25,35)(H,29,30)(H,33,34)/t14-,17-/m0/s1. The molecule has 0 unspecified atom stereocenters. The number of methoxy groups -OCH3 is 1. The van der Waals surface area contributed by atoms with Crippen LogP contribution in [0, 0.1) is 5.92 Å². The normalized spacial score (nSPS) is 12.5. The van der Waals surface area contributed by atoms with Gasteiger partial charge in [-0.2, -0.15) is 4.68 Å². The zero-order chi connectivity index (χ0) is 28.3. The maximum absolute atomic E-state index is 13.6. The van der Waals surface area contributed by atoms with E-state index in [-0.39, 0.29) is 31.5 Å². The number of nitrogens with zero attached hydrogens (tertiary/aromatic N) is 2. The fourth-order valence-corrected chi connectivity index (χ4v) is 3.54. The van der Waals surface area contributed by atoms with Crippen LogP contribution in [0.5, 0.6) is 5.88 Å². The van der Waals surface area contributed by atoms with Gasteiger partial charge in [0.2, 0.25) is 11.8 Å². The monoisotopic (exact) mass is 529 g/mol. The van der Waals surface area contributed by atoms with Crippen molar-refractivity contribution in [2.24, 2.45) is 5.92 Å². The van der Waals surface area contributed by atoms with E-state index in [0.29, 0.717) is 22.5 Å². The first-order valence-corrected chi connectivity index (χ1v) is 11.8. The summed E-state index contributed by atoms with van der Waals surface area (Å²) in [6, 6.07) is -3.12. The Morgan fingerprint density at radius 2 is 1.78 bits per heavy atom. The Hall–Kier alpha value is -4.04. The maximum Gasteiger partial charge on any atom is 0.406 e. The van der Waals surface area contributed by atoms with Gasteiger partial charge in [-0.1, -0.05) is 20.8 Å². The zero-order valence-electron chi connectivity index (χ0n) is 21.3. The Bertz CT molecular complexity index is 1030. The van der Waals surface area contributed by atoms with Gasteiger partial charge < -0.3 is 35.7 Å². The molecule has 15 nitrogen and oxygen atoms in total. The third kappa shape index (κ3) is 8.84. The van der Waals surface area contributed by atoms with Gasteiger partial charge in [-0.05, 0) is 31.6 Å². The number of unbranched alkanes of at least 4 members (excludes halogenated alkanes) is 1. The minimum atomic E-state index is -1.64. The van der Waals surface area contributed by atoms with Crippen molar-refractivity contribution in [2.45, 2.75) is 71.4 Å². The van der Waals surface area contributed by atoms with Crippen LogP contribution in [-0.4, -0.2) is 80.6 Å². The first-order valence-electron chi connectivity index (χ1n) is 11.8. The van der Waals surface area contributed by atoms with Gasteiger partial charge in [0.15, 0.2) is 6.04 Å². The number of aromatic hydroxyl groups is 1. The van der Waals surface area contributed by atoms with E-state index in [0.717, 1.165) is 0 Å². The molecule has 37 heavy (non-hydrogen) atoms. The van der Waals surface area contributed by atoms with Crippen LogP contribution >= 0.6 is 0 Å². The van der Waals surface area contributed by atoms with Crippen molar-refractivity contribution in [1.82, 2.24) is 20.3 Å². The molecule has 208 valence electrons. The lowest BCUT2D eigenvalue weighted by Crippen LogP contribution is -2.62. The van der Waals surface area contributed by atoms with Crippen molar-refractivity contribution in [2.75, 3.05) is 18.7 Å². The first-order chi connectivity index (χ1) is 17.3. The third-order valence-corrected chi connectivity index (χ3v) is 5.42. The molecule has 0 saturated heterocycles. The Morgan fingerprint density at radius 1 is 1.14 bits per heavy atom. The number of aromatic nitrogens is 2. The third-order valence-electron chi connectivity index (χ3n) is 5.42. The summed E-state index contributed by atoms with van der Waals surface area (Å²) in [5.41, 5.74) is -0.979. The number of imidazole rings is 1. The van der Waals surface area contributed by atoms with Gasteiger partial charge in [-0.15, -0.1) is 0 Å². The van der Waals surface area contributed by atoms with E-state index in [2.05, 4.69) is 20.4 Å². The number of carbonyl (C=O) groups is 5. The number of carboxylic acids is 2. The number of rotatable bonds is 15. The topological polar surface area (TPSA) is 220 Å². The molecular formula is C22H35N5O10. The highest BCUT2D eigenvalue weighted by molar-refractivity contribution is 5.98. The van der Waals surface area contributed by atoms with E-state index in [1.807, 2.05) is 0 Å². The number of aliphatic carboxylic acids is 2. The van der Waals surface area contributed by atoms with Crippen molar-refractivity contribution in [1.29, 1.82) is 0 Å². The molecule has 1 aromatic rings. The van der Waals surface area contributed by atoms with Gasteiger partial charge in [-0.25, -0.2) is 19.4 Å². The Kier molecular flexibility index (Phi) is 12.1. The predicted octanol–water partition coefficient (Wildman–Crippen LogP) is -0.106. The molecule has 3 amide bonds. The van der Waals surface area contributed by atoms with Crippen molar-refractivity contribution in [3.63, 3.8) is 0 Å². The van der Waals surface area contributed by atoms with E-state index < -0.39 is 65.8 Å². The molecule has 2 atom stereocenters. The largest absolute Gasteiger partial charge is 0.492 e. The number of carboxylic acid groups (broad SMARTS) is 2. The number of hydrogen-bond donors (Lipinski definition) is 6. The van der Waals surface area contributed by atoms with E-state index in [9.17, 15) is 39.0 Å². The molecule has 0 bridgehead atoms. The highest BCUT2D eigenvalue weighted by Gasteiger charge is 2.40. The molecule has 0 spiro atoms. The van der Waals surface area contributed by atoms with Crippen molar-refractivity contribution < 1.29 is 44.0 Å². The molecule has 0 aliphatic carbocycles. The van der Waals surface area contributed by atoms with Crippen LogP contribution in [-0.2, 0) is 30.3 Å². The molecule has 1 aromatic heterocycles. The van der Waals surface area contributed by atoms with Gasteiger partial charge in [0.05, 0.1) is 12.8 Å². The van der Waals surface area contributed by atoms with Crippen LogP contribution < -0.4 is 21.3 Å². The van der Waals surface area contributed by atoms with Gasteiger partial charge in [0.25, 0.3) is 5.91 Å². The van der Waals surface area contributed by atoms with Crippen molar-refractivity contribution in [3.05, 3.63) is 16.2 Å². The first kappa shape index (κ1) is 31.0. The quantitative estimate of drug-likeness (QED) is 0.165. The maximum atomic E-state index is 13.6. The Labute approximate surface area is 212 Å². The summed E-state index contributed by atoms with van der Waals surface area (Å²) < 4.78 is 4.95. The van der Waals surface area contributed by atoms with Crippen LogP contribution in [0.2, 0.25) is 0 Å². The number of carbonyl (C=O) groups excluding carboxylic acids is 3. The second-order valence-corrected chi connectivity index (χ2v) is 8.54. The molecule has 15 heteroatoms. The summed E-state index contributed by atoms with van der Waals surface area (Å²) in [5, 5.41) is 35.2. The number of hydrogen-bond acceptors (Lipinski definition) is 8. The fourth-order valence-electron chi connectivity index (χ4n) is 3.54. The molecule has 0 fully saturated rings. The number of amides is 3. The van der Waals surface area contributed by atoms with E-state index >= 15 is 0 Å². The molecule has 0 saturated carbocycles. The average molecular weight is 530 g/mol. The number of ether oxygens (including phenoxy) is 1. The summed E-state index contributed by atoms with van der Waals surface area (Å²) in [6.45, 7) is 4.75. The average Bonchev–Trinajstić information content (AvgIpc) is 3.10. The molecule has 1 rings (SSSR count). The lowest BCUT2D eigenvalue weighted by Gasteiger charge is -2.34. The van der Waals surface area contributed by atoms with Crippen LogP contribution in [0.3, 0.4) is 0 Å². The number of alkyl carbamates (subject to hydrolysis) is 1. The molecule has 0 aromatic carbocycles. The predicted molar refractivity (Wildman–Crippen MR) is 129 cm³/mol. The minimum Gasteiger partial charge on any atom is -0.492 e. The minimum absolute atomic E-state index is 0.0217. The van der Waals surface area contributed by atoms with Crippen molar-refractivity contribution in [3.8, 4) is 5.88 Å². The number of H-pyrrole nitrogens is 1. The van der Waals surface area contributed by atoms with Crippen LogP contribution in [0.4, 0.5) is 4.79 Å². The molecule has 0 aliphatic heterocycles. The lowest BCUT2D eigenvalue weighted by atomic mass is 10.0. The van der Waals surface area contributed by atoms with Crippen molar-refractivity contribution >= 4 is 29.8 Å². The smallest absolute Gasteiger partial charge is 0.406 e. The van der Waals surface area contributed by atoms with Gasteiger partial charge in [0, 0.05) is 19.4 Å². The number of nitrogens with one attached hydrogen (secondary N) is 3. The highest BCUT2D eigenvalue weighted by atomic mass is 16.5. The van der Waals surface area contributed by atoms with E-state index in [1.54, 1.807) is 0 Å². The summed E-state index contributed by atoms with van der Waals surface area (Å²) in [4.78, 5) is 75.3. The highest BCUT2D eigenvalue weighted by Crippen LogP contribution is 2.21. The number of aryl methyl sites for hydroxylation is 1. The number of aromatic amines is 1. The summed E-state index contributed by atoms with van der Waals surface area (Å²) in [7, 11) is 1.22. The molecule has 0 radical (unpaired) electrons. The Morgan fingerprint density at radius 3 is 2.30 bits per heavy atom. The SMILES string of the molecule is CCC(=O)N[C@@H](CCC(=O)O)C(=O)N([C@H](C(=O)O)C(C)C)n1c(O)c(CCCCNC(=O)OC)[nH]c1=O. The lowest BCUT2D eigenvalue weighted by molar-refractivity contribution is -0.143. The second-order valence-electron chi connectivity index (χ2n) is 8.54. The van der Waals surface area contributed by atoms with E-state index in [1.165, 1.54) is 27.9 Å².